The maximum atomic E-state index is 13.7. The lowest BCUT2D eigenvalue weighted by molar-refractivity contribution is -0.137. The van der Waals surface area contributed by atoms with Crippen LogP contribution in [0.3, 0.4) is 0 Å². The third-order valence-electron chi connectivity index (χ3n) is 6.12. The van der Waals surface area contributed by atoms with E-state index in [-0.39, 0.29) is 34.6 Å². The SMILES string of the molecule is CCC1CN(C(=O)C2CN(C(C)(C)C)CCN2)CCN1C(=O)Nc1ccc(Cl)c(F)c1. The predicted octanol–water partition coefficient (Wildman–Crippen LogP) is 3.01. The molecule has 0 spiro atoms. The van der Waals surface area contributed by atoms with E-state index in [9.17, 15) is 14.0 Å². The second-order valence-corrected chi connectivity index (χ2v) is 9.63. The van der Waals surface area contributed by atoms with Crippen molar-refractivity contribution in [3.05, 3.63) is 29.0 Å². The Labute approximate surface area is 188 Å². The van der Waals surface area contributed by atoms with Crippen LogP contribution in [0.15, 0.2) is 18.2 Å². The highest BCUT2D eigenvalue weighted by Crippen LogP contribution is 2.21. The van der Waals surface area contributed by atoms with Gasteiger partial charge in [0.25, 0.3) is 0 Å². The van der Waals surface area contributed by atoms with Crippen molar-refractivity contribution in [1.29, 1.82) is 0 Å². The molecule has 7 nitrogen and oxygen atoms in total. The van der Waals surface area contributed by atoms with Crippen LogP contribution in [0.25, 0.3) is 0 Å². The molecule has 0 aromatic heterocycles. The zero-order valence-electron chi connectivity index (χ0n) is 18.8. The average Bonchev–Trinajstić information content (AvgIpc) is 2.74. The summed E-state index contributed by atoms with van der Waals surface area (Å²) in [5.74, 6) is -0.488. The van der Waals surface area contributed by atoms with Crippen LogP contribution in [0.1, 0.15) is 34.1 Å². The highest BCUT2D eigenvalue weighted by molar-refractivity contribution is 6.30. The number of amides is 3. The third-order valence-corrected chi connectivity index (χ3v) is 6.43. The van der Waals surface area contributed by atoms with Gasteiger partial charge in [0.2, 0.25) is 5.91 Å². The van der Waals surface area contributed by atoms with Gasteiger partial charge in [0.15, 0.2) is 0 Å². The Hall–Kier alpha value is -1.90. The van der Waals surface area contributed by atoms with Gasteiger partial charge in [-0.1, -0.05) is 18.5 Å². The van der Waals surface area contributed by atoms with Crippen molar-refractivity contribution in [3.63, 3.8) is 0 Å². The molecule has 2 aliphatic heterocycles. The maximum absolute atomic E-state index is 13.7. The molecule has 2 atom stereocenters. The molecule has 9 heteroatoms. The Kier molecular flexibility index (Phi) is 7.44. The number of piperazine rings is 2. The summed E-state index contributed by atoms with van der Waals surface area (Å²) < 4.78 is 13.7. The zero-order chi connectivity index (χ0) is 22.8. The number of rotatable bonds is 3. The van der Waals surface area contributed by atoms with E-state index in [0.29, 0.717) is 31.9 Å². The lowest BCUT2D eigenvalue weighted by Crippen LogP contribution is -2.64. The van der Waals surface area contributed by atoms with E-state index in [1.165, 1.54) is 12.1 Å². The molecule has 2 saturated heterocycles. The van der Waals surface area contributed by atoms with Gasteiger partial charge in [0.05, 0.1) is 17.1 Å². The Morgan fingerprint density at radius 1 is 1.23 bits per heavy atom. The number of benzene rings is 1. The van der Waals surface area contributed by atoms with Crippen LogP contribution in [0, 0.1) is 5.82 Å². The first-order valence-corrected chi connectivity index (χ1v) is 11.3. The van der Waals surface area contributed by atoms with Gasteiger partial charge in [-0.05, 0) is 45.4 Å². The highest BCUT2D eigenvalue weighted by atomic mass is 35.5. The van der Waals surface area contributed by atoms with E-state index in [0.717, 1.165) is 19.5 Å². The number of nitrogens with one attached hydrogen (secondary N) is 2. The molecule has 0 radical (unpaired) electrons. The topological polar surface area (TPSA) is 67.9 Å². The molecule has 2 aliphatic rings. The first-order valence-electron chi connectivity index (χ1n) is 10.9. The number of halogens is 2. The van der Waals surface area contributed by atoms with Crippen molar-refractivity contribution in [2.75, 3.05) is 44.6 Å². The van der Waals surface area contributed by atoms with Crippen molar-refractivity contribution < 1.29 is 14.0 Å². The fourth-order valence-corrected chi connectivity index (χ4v) is 4.30. The minimum absolute atomic E-state index is 0.0120. The number of carbonyl (C=O) groups is 2. The van der Waals surface area contributed by atoms with E-state index in [1.807, 2.05) is 11.8 Å². The molecule has 3 rings (SSSR count). The molecule has 172 valence electrons. The summed E-state index contributed by atoms with van der Waals surface area (Å²) >= 11 is 5.71. The Balaban J connectivity index is 1.61. The second kappa shape index (κ2) is 9.71. The van der Waals surface area contributed by atoms with Gasteiger partial charge >= 0.3 is 6.03 Å². The number of urea groups is 1. The summed E-state index contributed by atoms with van der Waals surface area (Å²) in [6.45, 7) is 12.3. The van der Waals surface area contributed by atoms with Gasteiger partial charge in [-0.3, -0.25) is 9.69 Å². The summed E-state index contributed by atoms with van der Waals surface area (Å²) in [6, 6.07) is 3.56. The van der Waals surface area contributed by atoms with Crippen molar-refractivity contribution in [1.82, 2.24) is 20.0 Å². The molecule has 0 saturated carbocycles. The molecule has 2 N–H and O–H groups in total. The molecule has 2 heterocycles. The van der Waals surface area contributed by atoms with E-state index < -0.39 is 5.82 Å². The van der Waals surface area contributed by atoms with Crippen molar-refractivity contribution >= 4 is 29.2 Å². The first-order chi connectivity index (χ1) is 14.6. The van der Waals surface area contributed by atoms with Crippen LogP contribution in [0.5, 0.6) is 0 Å². The molecule has 3 amide bonds. The Morgan fingerprint density at radius 2 is 1.97 bits per heavy atom. The van der Waals surface area contributed by atoms with Crippen LogP contribution >= 0.6 is 11.6 Å². The summed E-state index contributed by atoms with van der Waals surface area (Å²) in [5, 5.41) is 6.11. The molecule has 0 bridgehead atoms. The lowest BCUT2D eigenvalue weighted by Gasteiger charge is -2.45. The van der Waals surface area contributed by atoms with Crippen LogP contribution in [0.2, 0.25) is 5.02 Å². The van der Waals surface area contributed by atoms with Crippen LogP contribution < -0.4 is 10.6 Å². The molecular weight excluding hydrogens is 421 g/mol. The highest BCUT2D eigenvalue weighted by Gasteiger charge is 2.37. The monoisotopic (exact) mass is 453 g/mol. The van der Waals surface area contributed by atoms with Gasteiger partial charge in [-0.15, -0.1) is 0 Å². The molecule has 1 aromatic rings. The fraction of sp³-hybridized carbons (Fsp3) is 0.636. The predicted molar refractivity (Wildman–Crippen MR) is 121 cm³/mol. The minimum Gasteiger partial charge on any atom is -0.337 e. The summed E-state index contributed by atoms with van der Waals surface area (Å²) in [6.07, 6.45) is 0.721. The van der Waals surface area contributed by atoms with Gasteiger partial charge in [0.1, 0.15) is 5.82 Å². The summed E-state index contributed by atoms with van der Waals surface area (Å²) in [4.78, 5) is 31.9. The summed E-state index contributed by atoms with van der Waals surface area (Å²) in [7, 11) is 0. The molecular formula is C22H33ClFN5O2. The first kappa shape index (κ1) is 23.8. The van der Waals surface area contributed by atoms with Crippen LogP contribution in [0.4, 0.5) is 14.9 Å². The van der Waals surface area contributed by atoms with Crippen molar-refractivity contribution in [3.8, 4) is 0 Å². The molecule has 0 aliphatic carbocycles. The van der Waals surface area contributed by atoms with Gasteiger partial charge in [0, 0.05) is 50.5 Å². The standard InChI is InChI=1S/C22H33ClFN5O2/c1-5-16-13-27(20(30)19-14-28(9-8-25-19)22(2,3)4)10-11-29(16)21(31)26-15-6-7-17(23)18(24)12-15/h6-7,12,16,19,25H,5,8-11,13-14H2,1-4H3,(H,26,31). The quantitative estimate of drug-likeness (QED) is 0.738. The molecule has 2 unspecified atom stereocenters. The number of hydrogen-bond donors (Lipinski definition) is 2. The van der Waals surface area contributed by atoms with Gasteiger partial charge < -0.3 is 20.4 Å². The average molecular weight is 454 g/mol. The molecule has 31 heavy (non-hydrogen) atoms. The molecule has 1 aromatic carbocycles. The van der Waals surface area contributed by atoms with Crippen molar-refractivity contribution in [2.24, 2.45) is 0 Å². The van der Waals surface area contributed by atoms with E-state index >= 15 is 0 Å². The van der Waals surface area contributed by atoms with Crippen molar-refractivity contribution in [2.45, 2.75) is 51.7 Å². The Morgan fingerprint density at radius 3 is 2.61 bits per heavy atom. The largest absolute Gasteiger partial charge is 0.337 e. The number of carbonyl (C=O) groups excluding carboxylic acids is 2. The lowest BCUT2D eigenvalue weighted by atomic mass is 10.0. The van der Waals surface area contributed by atoms with Gasteiger partial charge in [-0.25, -0.2) is 9.18 Å². The summed E-state index contributed by atoms with van der Waals surface area (Å²) in [5.41, 5.74) is 0.374. The van der Waals surface area contributed by atoms with E-state index in [4.69, 9.17) is 11.6 Å². The molecule has 2 fully saturated rings. The number of hydrogen-bond acceptors (Lipinski definition) is 4. The van der Waals surface area contributed by atoms with Crippen LogP contribution in [-0.4, -0.2) is 83.5 Å². The maximum Gasteiger partial charge on any atom is 0.322 e. The van der Waals surface area contributed by atoms with E-state index in [1.54, 1.807) is 11.0 Å². The third kappa shape index (κ3) is 5.67. The Bertz CT molecular complexity index is 816. The fourth-order valence-electron chi connectivity index (χ4n) is 4.19. The van der Waals surface area contributed by atoms with Gasteiger partial charge in [-0.2, -0.15) is 0 Å². The second-order valence-electron chi connectivity index (χ2n) is 9.22. The normalized spacial score (nSPS) is 23.0. The minimum atomic E-state index is -0.578. The van der Waals surface area contributed by atoms with E-state index in [2.05, 4.69) is 36.3 Å². The number of nitrogens with zero attached hydrogens (tertiary/aromatic N) is 3. The zero-order valence-corrected chi connectivity index (χ0v) is 19.5. The van der Waals surface area contributed by atoms with Crippen LogP contribution in [-0.2, 0) is 4.79 Å². The smallest absolute Gasteiger partial charge is 0.322 e. The number of anilines is 1.